The Morgan fingerprint density at radius 3 is 2.54 bits per heavy atom. The number of carbonyl (C=O) groups is 2. The summed E-state index contributed by atoms with van der Waals surface area (Å²) in [6.45, 7) is 5.25. The van der Waals surface area contributed by atoms with Crippen molar-refractivity contribution >= 4 is 28.9 Å². The molecule has 1 aromatic heterocycles. The predicted molar refractivity (Wildman–Crippen MR) is 147 cm³/mol. The largest absolute Gasteiger partial charge is 0.478 e. The van der Waals surface area contributed by atoms with Gasteiger partial charge in [-0.05, 0) is 85.2 Å². The van der Waals surface area contributed by atoms with Crippen molar-refractivity contribution in [1.82, 2.24) is 4.90 Å². The van der Waals surface area contributed by atoms with Crippen molar-refractivity contribution in [3.05, 3.63) is 70.9 Å². The number of anilines is 1. The first-order valence-corrected chi connectivity index (χ1v) is 13.9. The molecule has 1 N–H and O–H groups in total. The van der Waals surface area contributed by atoms with Crippen molar-refractivity contribution < 1.29 is 19.4 Å². The number of piperidine rings is 1. The Kier molecular flexibility index (Phi) is 7.24. The first-order chi connectivity index (χ1) is 17.8. The Morgan fingerprint density at radius 2 is 1.86 bits per heavy atom. The van der Waals surface area contributed by atoms with Crippen LogP contribution in [0.5, 0.6) is 5.75 Å². The molecule has 0 radical (unpaired) electrons. The van der Waals surface area contributed by atoms with Gasteiger partial charge < -0.3 is 19.6 Å². The van der Waals surface area contributed by atoms with E-state index in [2.05, 4.69) is 50.9 Å². The summed E-state index contributed by atoms with van der Waals surface area (Å²) < 4.78 is 5.74. The number of carboxylic acid groups (broad SMARTS) is 1. The maximum atomic E-state index is 13.8. The van der Waals surface area contributed by atoms with Gasteiger partial charge in [0.2, 0.25) is 5.91 Å². The quantitative estimate of drug-likeness (QED) is 0.373. The number of aliphatic carboxylic acids is 1. The number of benzene rings is 2. The van der Waals surface area contributed by atoms with E-state index in [1.807, 2.05) is 18.2 Å². The second kappa shape index (κ2) is 10.6. The van der Waals surface area contributed by atoms with Crippen LogP contribution in [0.15, 0.2) is 65.4 Å². The third-order valence-corrected chi connectivity index (χ3v) is 7.96. The molecule has 2 fully saturated rings. The fourth-order valence-electron chi connectivity index (χ4n) is 4.93. The molecule has 37 heavy (non-hydrogen) atoms. The van der Waals surface area contributed by atoms with Crippen LogP contribution in [-0.4, -0.2) is 46.6 Å². The van der Waals surface area contributed by atoms with E-state index in [4.69, 9.17) is 4.74 Å². The summed E-state index contributed by atoms with van der Waals surface area (Å²) in [6.07, 6.45) is 3.98. The van der Waals surface area contributed by atoms with Gasteiger partial charge in [0.15, 0.2) is 5.60 Å². The van der Waals surface area contributed by atoms with E-state index in [9.17, 15) is 14.7 Å². The molecule has 1 amide bonds. The molecule has 1 saturated heterocycles. The van der Waals surface area contributed by atoms with Crippen LogP contribution in [0.3, 0.4) is 0 Å². The van der Waals surface area contributed by atoms with E-state index in [1.165, 1.54) is 11.1 Å². The average molecular weight is 519 g/mol. The zero-order chi connectivity index (χ0) is 26.0. The molecule has 3 aromatic rings. The van der Waals surface area contributed by atoms with Crippen LogP contribution in [-0.2, 0) is 16.1 Å². The minimum Gasteiger partial charge on any atom is -0.478 e. The molecule has 6 nitrogen and oxygen atoms in total. The fraction of sp³-hybridized carbons (Fsp3) is 0.400. The first-order valence-electron chi connectivity index (χ1n) is 13.0. The van der Waals surface area contributed by atoms with Gasteiger partial charge in [-0.3, -0.25) is 4.79 Å². The van der Waals surface area contributed by atoms with Crippen LogP contribution in [0.25, 0.3) is 11.1 Å². The van der Waals surface area contributed by atoms with Crippen LogP contribution in [0, 0.1) is 5.92 Å². The summed E-state index contributed by atoms with van der Waals surface area (Å²) in [5, 5.41) is 13.6. The number of hydrogen-bond acceptors (Lipinski definition) is 5. The highest BCUT2D eigenvalue weighted by atomic mass is 32.1. The highest BCUT2D eigenvalue weighted by Gasteiger charge is 2.37. The number of hydrogen-bond donors (Lipinski definition) is 1. The molecule has 5 rings (SSSR count). The number of carbonyl (C=O) groups excluding carboxylic acids is 1. The number of amides is 1. The van der Waals surface area contributed by atoms with Crippen molar-refractivity contribution in [3.8, 4) is 16.9 Å². The molecule has 0 bridgehead atoms. The molecule has 0 spiro atoms. The minimum atomic E-state index is -1.31. The monoisotopic (exact) mass is 518 g/mol. The second-order valence-electron chi connectivity index (χ2n) is 10.6. The van der Waals surface area contributed by atoms with Gasteiger partial charge in [-0.15, -0.1) is 0 Å². The summed E-state index contributed by atoms with van der Waals surface area (Å²) >= 11 is 1.70. The molecule has 2 aliphatic rings. The topological polar surface area (TPSA) is 70.1 Å². The molecule has 1 saturated carbocycles. The highest BCUT2D eigenvalue weighted by molar-refractivity contribution is 7.08. The average Bonchev–Trinajstić information content (AvgIpc) is 3.59. The Labute approximate surface area is 222 Å². The SMILES string of the molecule is CC(C)(Oc1cccc(N2CCCC(C(=O)N(Cc3ccc(-c4ccsc4)cc3)C3CC3)C2)c1)C(=O)O. The molecular formula is C30H34N2O4S. The highest BCUT2D eigenvalue weighted by Crippen LogP contribution is 2.34. The Hall–Kier alpha value is -3.32. The summed E-state index contributed by atoms with van der Waals surface area (Å²) in [6, 6.07) is 18.6. The Balaban J connectivity index is 1.26. The van der Waals surface area contributed by atoms with Crippen LogP contribution in [0.2, 0.25) is 0 Å². The molecule has 2 heterocycles. The predicted octanol–water partition coefficient (Wildman–Crippen LogP) is 6.06. The third kappa shape index (κ3) is 5.99. The minimum absolute atomic E-state index is 0.0561. The maximum absolute atomic E-state index is 13.8. The van der Waals surface area contributed by atoms with Crippen LogP contribution < -0.4 is 9.64 Å². The van der Waals surface area contributed by atoms with E-state index in [0.29, 0.717) is 24.9 Å². The van der Waals surface area contributed by atoms with Crippen molar-refractivity contribution in [2.75, 3.05) is 18.0 Å². The fourth-order valence-corrected chi connectivity index (χ4v) is 5.60. The summed E-state index contributed by atoms with van der Waals surface area (Å²) in [4.78, 5) is 29.6. The maximum Gasteiger partial charge on any atom is 0.347 e. The lowest BCUT2D eigenvalue weighted by Gasteiger charge is -2.36. The molecule has 1 aliphatic heterocycles. The van der Waals surface area contributed by atoms with Gasteiger partial charge >= 0.3 is 5.97 Å². The number of ether oxygens (including phenoxy) is 1. The van der Waals surface area contributed by atoms with Gasteiger partial charge in [-0.25, -0.2) is 4.79 Å². The Bertz CT molecular complexity index is 1230. The lowest BCUT2D eigenvalue weighted by molar-refractivity contribution is -0.152. The number of thiophene rings is 1. The zero-order valence-corrected chi connectivity index (χ0v) is 22.2. The first kappa shape index (κ1) is 25.3. The standard InChI is InChI=1S/C30H34N2O4S/c1-30(2,29(34)35)36-27-7-3-6-26(17-27)31-15-4-5-23(19-31)28(33)32(25-12-13-25)18-21-8-10-22(11-9-21)24-14-16-37-20-24/h3,6-11,14,16-17,20,23,25H,4-5,12-13,15,18-19H2,1-2H3,(H,34,35). The molecule has 1 unspecified atom stereocenters. The molecule has 7 heteroatoms. The second-order valence-corrected chi connectivity index (χ2v) is 11.4. The number of nitrogens with zero attached hydrogens (tertiary/aromatic N) is 2. The lowest BCUT2D eigenvalue weighted by atomic mass is 9.95. The van der Waals surface area contributed by atoms with Gasteiger partial charge in [0, 0.05) is 37.4 Å². The number of rotatable bonds is 9. The van der Waals surface area contributed by atoms with Gasteiger partial charge in [0.05, 0.1) is 5.92 Å². The van der Waals surface area contributed by atoms with Gasteiger partial charge in [0.25, 0.3) is 0 Å². The van der Waals surface area contributed by atoms with Gasteiger partial charge in [0.1, 0.15) is 5.75 Å². The van der Waals surface area contributed by atoms with Gasteiger partial charge in [-0.2, -0.15) is 11.3 Å². The van der Waals surface area contributed by atoms with Crippen molar-refractivity contribution in [1.29, 1.82) is 0 Å². The number of carboxylic acids is 1. The van der Waals surface area contributed by atoms with Gasteiger partial charge in [-0.1, -0.05) is 30.3 Å². The molecule has 2 aromatic carbocycles. The van der Waals surface area contributed by atoms with Crippen molar-refractivity contribution in [3.63, 3.8) is 0 Å². The van der Waals surface area contributed by atoms with Crippen LogP contribution in [0.1, 0.15) is 45.1 Å². The molecule has 194 valence electrons. The van der Waals surface area contributed by atoms with Crippen molar-refractivity contribution in [2.45, 2.75) is 57.7 Å². The molecular weight excluding hydrogens is 484 g/mol. The van der Waals surface area contributed by atoms with E-state index in [1.54, 1.807) is 31.3 Å². The van der Waals surface area contributed by atoms with E-state index in [-0.39, 0.29) is 11.8 Å². The zero-order valence-electron chi connectivity index (χ0n) is 21.4. The molecule has 1 atom stereocenters. The summed E-state index contributed by atoms with van der Waals surface area (Å²) in [5.41, 5.74) is 3.24. The third-order valence-electron chi connectivity index (χ3n) is 7.27. The lowest BCUT2D eigenvalue weighted by Crippen LogP contribution is -2.45. The molecule has 1 aliphatic carbocycles. The van der Waals surface area contributed by atoms with E-state index in [0.717, 1.165) is 43.5 Å². The van der Waals surface area contributed by atoms with E-state index >= 15 is 0 Å². The van der Waals surface area contributed by atoms with Crippen LogP contribution >= 0.6 is 11.3 Å². The van der Waals surface area contributed by atoms with Crippen molar-refractivity contribution in [2.24, 2.45) is 5.92 Å². The van der Waals surface area contributed by atoms with Crippen LogP contribution in [0.4, 0.5) is 5.69 Å². The smallest absolute Gasteiger partial charge is 0.347 e. The summed E-state index contributed by atoms with van der Waals surface area (Å²) in [7, 11) is 0. The normalized spacial score (nSPS) is 17.9. The Morgan fingerprint density at radius 1 is 1.08 bits per heavy atom. The van der Waals surface area contributed by atoms with E-state index < -0.39 is 11.6 Å². The summed E-state index contributed by atoms with van der Waals surface area (Å²) in [5.74, 6) is -0.306.